The van der Waals surface area contributed by atoms with E-state index in [-0.39, 0.29) is 22.7 Å². The Hall–Kier alpha value is -1.07. The summed E-state index contributed by atoms with van der Waals surface area (Å²) in [5, 5.41) is 7.14. The van der Waals surface area contributed by atoms with E-state index in [0.29, 0.717) is 0 Å². The van der Waals surface area contributed by atoms with Crippen LogP contribution in [-0.4, -0.2) is 29.9 Å². The molecule has 0 unspecified atom stereocenters. The fourth-order valence-electron chi connectivity index (χ4n) is 0.634. The molecule has 0 saturated heterocycles. The van der Waals surface area contributed by atoms with Crippen molar-refractivity contribution in [1.82, 2.24) is 10.2 Å². The van der Waals surface area contributed by atoms with Gasteiger partial charge in [-0.25, -0.2) is 4.79 Å². The van der Waals surface area contributed by atoms with E-state index in [1.54, 1.807) is 0 Å². The number of aromatic nitrogens is 2. The van der Waals surface area contributed by atoms with E-state index in [1.165, 1.54) is 13.2 Å². The SMILES string of the molecule is COC(=O)COc1cc(Cl)nnc1Cl. The zero-order valence-electron chi connectivity index (χ0n) is 7.16. The summed E-state index contributed by atoms with van der Waals surface area (Å²) in [5.41, 5.74) is 0. The number of esters is 1. The lowest BCUT2D eigenvalue weighted by Gasteiger charge is -2.04. The Labute approximate surface area is 89.9 Å². The van der Waals surface area contributed by atoms with Gasteiger partial charge in [0.15, 0.2) is 22.7 Å². The van der Waals surface area contributed by atoms with Crippen molar-refractivity contribution in [3.05, 3.63) is 16.4 Å². The summed E-state index contributed by atoms with van der Waals surface area (Å²) in [6, 6.07) is 1.36. The molecule has 0 aliphatic rings. The third kappa shape index (κ3) is 3.01. The predicted molar refractivity (Wildman–Crippen MR) is 49.6 cm³/mol. The van der Waals surface area contributed by atoms with E-state index in [1.807, 2.05) is 0 Å². The van der Waals surface area contributed by atoms with Crippen LogP contribution < -0.4 is 4.74 Å². The molecule has 0 spiro atoms. The first-order valence-corrected chi connectivity index (χ1v) is 4.27. The number of methoxy groups -OCH3 is 1. The van der Waals surface area contributed by atoms with Crippen molar-refractivity contribution in [3.63, 3.8) is 0 Å². The van der Waals surface area contributed by atoms with E-state index in [0.717, 1.165) is 0 Å². The molecule has 1 aromatic heterocycles. The molecule has 0 N–H and O–H groups in total. The van der Waals surface area contributed by atoms with Crippen molar-refractivity contribution in [2.45, 2.75) is 0 Å². The van der Waals surface area contributed by atoms with Crippen molar-refractivity contribution in [2.75, 3.05) is 13.7 Å². The third-order valence-corrected chi connectivity index (χ3v) is 1.71. The topological polar surface area (TPSA) is 61.3 Å². The molecule has 0 bridgehead atoms. The van der Waals surface area contributed by atoms with Gasteiger partial charge in [-0.3, -0.25) is 0 Å². The Bertz CT molecular complexity index is 346. The Morgan fingerprint density at radius 1 is 1.50 bits per heavy atom. The smallest absolute Gasteiger partial charge is 0.343 e. The molecule has 0 aliphatic carbocycles. The molecule has 14 heavy (non-hydrogen) atoms. The van der Waals surface area contributed by atoms with Gasteiger partial charge in [-0.1, -0.05) is 23.2 Å². The van der Waals surface area contributed by atoms with Gasteiger partial charge >= 0.3 is 5.97 Å². The first kappa shape index (κ1) is 11.0. The molecule has 1 aromatic rings. The molecule has 0 amide bonds. The molecule has 0 radical (unpaired) electrons. The monoisotopic (exact) mass is 236 g/mol. The van der Waals surface area contributed by atoms with Gasteiger partial charge in [-0.2, -0.15) is 0 Å². The number of ether oxygens (including phenoxy) is 2. The molecule has 76 valence electrons. The summed E-state index contributed by atoms with van der Waals surface area (Å²) in [6.07, 6.45) is 0. The molecular formula is C7H6Cl2N2O3. The lowest BCUT2D eigenvalue weighted by molar-refractivity contribution is -0.142. The first-order chi connectivity index (χ1) is 6.63. The van der Waals surface area contributed by atoms with Crippen LogP contribution in [0.3, 0.4) is 0 Å². The van der Waals surface area contributed by atoms with Crippen molar-refractivity contribution in [2.24, 2.45) is 0 Å². The van der Waals surface area contributed by atoms with Crippen LogP contribution in [0.25, 0.3) is 0 Å². The van der Waals surface area contributed by atoms with Crippen LogP contribution >= 0.6 is 23.2 Å². The number of hydrogen-bond donors (Lipinski definition) is 0. The number of carbonyl (C=O) groups excluding carboxylic acids is 1. The average molecular weight is 237 g/mol. The Morgan fingerprint density at radius 2 is 2.21 bits per heavy atom. The summed E-state index contributed by atoms with van der Waals surface area (Å²) in [5.74, 6) is -0.328. The van der Waals surface area contributed by atoms with Crippen LogP contribution in [-0.2, 0) is 9.53 Å². The number of rotatable bonds is 3. The van der Waals surface area contributed by atoms with Crippen LogP contribution in [0.4, 0.5) is 0 Å². The number of hydrogen-bond acceptors (Lipinski definition) is 5. The normalized spacial score (nSPS) is 9.64. The molecule has 0 aromatic carbocycles. The fraction of sp³-hybridized carbons (Fsp3) is 0.286. The van der Waals surface area contributed by atoms with Gasteiger partial charge in [0, 0.05) is 6.07 Å². The van der Waals surface area contributed by atoms with Crippen molar-refractivity contribution in [3.8, 4) is 5.75 Å². The highest BCUT2D eigenvalue weighted by Crippen LogP contribution is 2.23. The second-order valence-corrected chi connectivity index (χ2v) is 2.93. The molecule has 0 fully saturated rings. The number of halogens is 2. The summed E-state index contributed by atoms with van der Waals surface area (Å²) in [6.45, 7) is -0.252. The van der Waals surface area contributed by atoms with Crippen LogP contribution in [0.15, 0.2) is 6.07 Å². The van der Waals surface area contributed by atoms with Crippen molar-refractivity contribution < 1.29 is 14.3 Å². The van der Waals surface area contributed by atoms with Gasteiger partial charge in [0.1, 0.15) is 0 Å². The van der Waals surface area contributed by atoms with Gasteiger partial charge in [0.05, 0.1) is 7.11 Å². The second-order valence-electron chi connectivity index (χ2n) is 2.19. The summed E-state index contributed by atoms with van der Waals surface area (Å²) >= 11 is 11.2. The van der Waals surface area contributed by atoms with E-state index >= 15 is 0 Å². The van der Waals surface area contributed by atoms with Gasteiger partial charge in [0.25, 0.3) is 0 Å². The minimum atomic E-state index is -0.519. The zero-order chi connectivity index (χ0) is 10.6. The summed E-state index contributed by atoms with van der Waals surface area (Å²) < 4.78 is 9.34. The summed E-state index contributed by atoms with van der Waals surface area (Å²) in [4.78, 5) is 10.7. The number of carbonyl (C=O) groups is 1. The maximum Gasteiger partial charge on any atom is 0.343 e. The Balaban J connectivity index is 2.66. The first-order valence-electron chi connectivity index (χ1n) is 3.52. The molecule has 5 nitrogen and oxygen atoms in total. The Morgan fingerprint density at radius 3 is 2.86 bits per heavy atom. The largest absolute Gasteiger partial charge is 0.478 e. The maximum absolute atomic E-state index is 10.7. The van der Waals surface area contributed by atoms with E-state index in [2.05, 4.69) is 14.9 Å². The predicted octanol–water partition coefficient (Wildman–Crippen LogP) is 1.34. The third-order valence-electron chi connectivity index (χ3n) is 1.26. The second kappa shape index (κ2) is 4.97. The standard InChI is InChI=1S/C7H6Cl2N2O3/c1-13-6(12)3-14-4-2-5(8)10-11-7(4)9/h2H,3H2,1H3. The lowest BCUT2D eigenvalue weighted by Crippen LogP contribution is -2.13. The van der Waals surface area contributed by atoms with Gasteiger partial charge in [0.2, 0.25) is 0 Å². The van der Waals surface area contributed by atoms with E-state index in [9.17, 15) is 4.79 Å². The molecular weight excluding hydrogens is 231 g/mol. The molecule has 0 aliphatic heterocycles. The minimum absolute atomic E-state index is 0.0401. The van der Waals surface area contributed by atoms with Crippen LogP contribution in [0.2, 0.25) is 10.3 Å². The van der Waals surface area contributed by atoms with Crippen LogP contribution in [0.1, 0.15) is 0 Å². The van der Waals surface area contributed by atoms with Crippen molar-refractivity contribution in [1.29, 1.82) is 0 Å². The zero-order valence-corrected chi connectivity index (χ0v) is 8.67. The maximum atomic E-state index is 10.7. The van der Waals surface area contributed by atoms with Crippen molar-refractivity contribution >= 4 is 29.2 Å². The highest BCUT2D eigenvalue weighted by molar-refractivity contribution is 6.32. The van der Waals surface area contributed by atoms with Gasteiger partial charge in [-0.15, -0.1) is 10.2 Å². The van der Waals surface area contributed by atoms with E-state index < -0.39 is 5.97 Å². The highest BCUT2D eigenvalue weighted by atomic mass is 35.5. The highest BCUT2D eigenvalue weighted by Gasteiger charge is 2.08. The van der Waals surface area contributed by atoms with E-state index in [4.69, 9.17) is 27.9 Å². The van der Waals surface area contributed by atoms with Gasteiger partial charge in [-0.05, 0) is 0 Å². The Kier molecular flexibility index (Phi) is 3.91. The fourth-order valence-corrected chi connectivity index (χ4v) is 0.918. The molecule has 0 saturated carbocycles. The molecule has 1 rings (SSSR count). The number of nitrogens with zero attached hydrogens (tertiary/aromatic N) is 2. The quantitative estimate of drug-likeness (QED) is 0.742. The molecule has 0 atom stereocenters. The van der Waals surface area contributed by atoms with Gasteiger partial charge < -0.3 is 9.47 Å². The minimum Gasteiger partial charge on any atom is -0.478 e. The average Bonchev–Trinajstić information content (AvgIpc) is 2.19. The van der Waals surface area contributed by atoms with Crippen LogP contribution in [0.5, 0.6) is 5.75 Å². The molecule has 7 heteroatoms. The molecule has 1 heterocycles. The summed E-state index contributed by atoms with van der Waals surface area (Å²) in [7, 11) is 1.26. The lowest BCUT2D eigenvalue weighted by atomic mass is 10.5. The van der Waals surface area contributed by atoms with Crippen LogP contribution in [0, 0.1) is 0 Å².